The lowest BCUT2D eigenvalue weighted by Crippen LogP contribution is -1.94. The first-order chi connectivity index (χ1) is 6.84. The second-order valence-corrected chi connectivity index (χ2v) is 3.69. The third kappa shape index (κ3) is 1.40. The first-order valence-corrected chi connectivity index (χ1v) is 4.73. The smallest absolute Gasteiger partial charge is 0.115 e. The summed E-state index contributed by atoms with van der Waals surface area (Å²) in [6.45, 7) is 0. The predicted octanol–water partition coefficient (Wildman–Crippen LogP) is 3.55. The van der Waals surface area contributed by atoms with E-state index in [9.17, 15) is 5.11 Å². The van der Waals surface area contributed by atoms with Gasteiger partial charge in [-0.25, -0.2) is 0 Å². The van der Waals surface area contributed by atoms with Crippen molar-refractivity contribution in [2.24, 2.45) is 0 Å². The first-order valence-electron chi connectivity index (χ1n) is 4.73. The number of fused-ring (bicyclic) bond motifs is 2. The van der Waals surface area contributed by atoms with E-state index < -0.39 is 0 Å². The minimum Gasteiger partial charge on any atom is -0.508 e. The number of hydrogen-bond acceptors (Lipinski definition) is 1. The average molecular weight is 198 g/mol. The summed E-state index contributed by atoms with van der Waals surface area (Å²) in [7, 11) is 0. The molecular weight excluding hydrogens is 184 g/mol. The number of benzene rings is 1. The zero-order valence-electron chi connectivity index (χ0n) is 7.64. The molecule has 3 rings (SSSR count). The lowest BCUT2D eigenvalue weighted by Gasteiger charge is -2.10. The summed E-state index contributed by atoms with van der Waals surface area (Å²) >= 11 is 0. The SMILES string of the molecule is C.Oc1ccc(C2C3=CC=C2C=C3)cc1. The van der Waals surface area contributed by atoms with E-state index in [2.05, 4.69) is 24.3 Å². The zero-order valence-corrected chi connectivity index (χ0v) is 7.64. The second-order valence-electron chi connectivity index (χ2n) is 3.69. The monoisotopic (exact) mass is 198 g/mol. The molecule has 0 amide bonds. The van der Waals surface area contributed by atoms with Crippen molar-refractivity contribution in [3.8, 4) is 5.75 Å². The van der Waals surface area contributed by atoms with Gasteiger partial charge in [-0.05, 0) is 28.8 Å². The molecule has 0 saturated heterocycles. The molecule has 2 aliphatic rings. The van der Waals surface area contributed by atoms with Gasteiger partial charge in [0, 0.05) is 5.92 Å². The lowest BCUT2D eigenvalue weighted by atomic mass is 9.93. The Morgan fingerprint density at radius 3 is 1.87 bits per heavy atom. The van der Waals surface area contributed by atoms with Gasteiger partial charge in [0.1, 0.15) is 5.75 Å². The van der Waals surface area contributed by atoms with E-state index in [0.29, 0.717) is 11.7 Å². The fraction of sp³-hybridized carbons (Fsp3) is 0.143. The molecule has 0 atom stereocenters. The minimum absolute atomic E-state index is 0. The van der Waals surface area contributed by atoms with E-state index in [1.54, 1.807) is 12.1 Å². The van der Waals surface area contributed by atoms with Crippen LogP contribution in [-0.4, -0.2) is 5.11 Å². The minimum atomic E-state index is 0. The van der Waals surface area contributed by atoms with Crippen LogP contribution in [0.1, 0.15) is 18.9 Å². The Bertz CT molecular complexity index is 439. The largest absolute Gasteiger partial charge is 0.508 e. The Morgan fingerprint density at radius 2 is 1.40 bits per heavy atom. The van der Waals surface area contributed by atoms with Crippen LogP contribution in [-0.2, 0) is 0 Å². The normalized spacial score (nSPS) is 17.3. The molecule has 2 aliphatic carbocycles. The van der Waals surface area contributed by atoms with Gasteiger partial charge in [-0.2, -0.15) is 0 Å². The molecule has 1 aromatic carbocycles. The van der Waals surface area contributed by atoms with Crippen molar-refractivity contribution in [1.82, 2.24) is 0 Å². The molecular formula is C14H14O. The molecule has 0 fully saturated rings. The summed E-state index contributed by atoms with van der Waals surface area (Å²) < 4.78 is 0. The summed E-state index contributed by atoms with van der Waals surface area (Å²) in [5.41, 5.74) is 3.96. The van der Waals surface area contributed by atoms with Crippen molar-refractivity contribution in [2.45, 2.75) is 13.3 Å². The predicted molar refractivity (Wildman–Crippen MR) is 62.9 cm³/mol. The Kier molecular flexibility index (Phi) is 2.24. The van der Waals surface area contributed by atoms with Gasteiger partial charge in [-0.15, -0.1) is 0 Å². The average Bonchev–Trinajstić information content (AvgIpc) is 2.78. The van der Waals surface area contributed by atoms with Crippen molar-refractivity contribution in [3.63, 3.8) is 0 Å². The van der Waals surface area contributed by atoms with Crippen LogP contribution >= 0.6 is 0 Å². The highest BCUT2D eigenvalue weighted by atomic mass is 16.3. The zero-order chi connectivity index (χ0) is 9.54. The molecule has 0 saturated carbocycles. The summed E-state index contributed by atoms with van der Waals surface area (Å²) in [6.07, 6.45) is 8.64. The molecule has 0 aliphatic heterocycles. The molecule has 1 heteroatoms. The summed E-state index contributed by atoms with van der Waals surface area (Å²) in [5.74, 6) is 0.741. The van der Waals surface area contributed by atoms with Gasteiger partial charge in [0.15, 0.2) is 0 Å². The molecule has 1 aromatic rings. The van der Waals surface area contributed by atoms with E-state index in [4.69, 9.17) is 0 Å². The molecule has 0 heterocycles. The summed E-state index contributed by atoms with van der Waals surface area (Å²) in [6, 6.07) is 7.46. The van der Waals surface area contributed by atoms with Gasteiger partial charge < -0.3 is 5.11 Å². The number of allylic oxidation sites excluding steroid dienone is 6. The molecule has 0 spiro atoms. The molecule has 0 unspecified atom stereocenters. The third-order valence-corrected chi connectivity index (χ3v) is 2.83. The van der Waals surface area contributed by atoms with E-state index in [1.807, 2.05) is 12.1 Å². The fourth-order valence-corrected chi connectivity index (χ4v) is 2.13. The Hall–Kier alpha value is -1.76. The maximum Gasteiger partial charge on any atom is 0.115 e. The van der Waals surface area contributed by atoms with E-state index in [0.717, 1.165) is 0 Å². The molecule has 2 bridgehead atoms. The third-order valence-electron chi connectivity index (χ3n) is 2.83. The lowest BCUT2D eigenvalue weighted by molar-refractivity contribution is 0.475. The van der Waals surface area contributed by atoms with Crippen LogP contribution in [0, 0.1) is 0 Å². The highest BCUT2D eigenvalue weighted by molar-refractivity contribution is 5.60. The van der Waals surface area contributed by atoms with Gasteiger partial charge in [-0.1, -0.05) is 43.9 Å². The van der Waals surface area contributed by atoms with Crippen LogP contribution in [0.25, 0.3) is 0 Å². The van der Waals surface area contributed by atoms with Gasteiger partial charge in [0.25, 0.3) is 0 Å². The van der Waals surface area contributed by atoms with Gasteiger partial charge >= 0.3 is 0 Å². The molecule has 76 valence electrons. The van der Waals surface area contributed by atoms with E-state index in [1.165, 1.54) is 16.7 Å². The molecule has 0 aromatic heterocycles. The van der Waals surface area contributed by atoms with Crippen LogP contribution in [0.15, 0.2) is 59.7 Å². The number of aromatic hydroxyl groups is 1. The topological polar surface area (TPSA) is 20.2 Å². The van der Waals surface area contributed by atoms with Crippen molar-refractivity contribution in [3.05, 3.63) is 65.3 Å². The van der Waals surface area contributed by atoms with Gasteiger partial charge in [0.05, 0.1) is 0 Å². The van der Waals surface area contributed by atoms with Crippen molar-refractivity contribution in [1.29, 1.82) is 0 Å². The van der Waals surface area contributed by atoms with Crippen LogP contribution < -0.4 is 0 Å². The van der Waals surface area contributed by atoms with Crippen molar-refractivity contribution >= 4 is 0 Å². The number of phenolic OH excluding ortho intramolecular Hbond substituents is 1. The fourth-order valence-electron chi connectivity index (χ4n) is 2.13. The van der Waals surface area contributed by atoms with Crippen molar-refractivity contribution < 1.29 is 5.11 Å². The molecule has 1 nitrogen and oxygen atoms in total. The Morgan fingerprint density at radius 1 is 0.867 bits per heavy atom. The quantitative estimate of drug-likeness (QED) is 0.731. The Balaban J connectivity index is 0.000000853. The standard InChI is InChI=1S/C13H10O.CH4/c14-12-7-5-11(6-8-12)13-9-1-2-10(13)4-3-9;/h1-8,13-14H;1H4. The van der Waals surface area contributed by atoms with E-state index >= 15 is 0 Å². The summed E-state index contributed by atoms with van der Waals surface area (Å²) in [5, 5.41) is 9.20. The van der Waals surface area contributed by atoms with Gasteiger partial charge in [0.2, 0.25) is 0 Å². The molecule has 1 N–H and O–H groups in total. The van der Waals surface area contributed by atoms with E-state index in [-0.39, 0.29) is 7.43 Å². The maximum absolute atomic E-state index is 9.20. The second kappa shape index (κ2) is 3.43. The number of rotatable bonds is 1. The Labute approximate surface area is 90.1 Å². The van der Waals surface area contributed by atoms with Crippen molar-refractivity contribution in [2.75, 3.05) is 0 Å². The summed E-state index contributed by atoms with van der Waals surface area (Å²) in [4.78, 5) is 0. The molecule has 15 heavy (non-hydrogen) atoms. The van der Waals surface area contributed by atoms with Gasteiger partial charge in [-0.3, -0.25) is 0 Å². The molecule has 0 radical (unpaired) electrons. The number of phenols is 1. The highest BCUT2D eigenvalue weighted by Crippen LogP contribution is 2.42. The van der Waals surface area contributed by atoms with Crippen LogP contribution in [0.3, 0.4) is 0 Å². The van der Waals surface area contributed by atoms with Crippen LogP contribution in [0.4, 0.5) is 0 Å². The first kappa shape index (κ1) is 9.78. The van der Waals surface area contributed by atoms with Crippen LogP contribution in [0.2, 0.25) is 0 Å². The highest BCUT2D eigenvalue weighted by Gasteiger charge is 2.25. The van der Waals surface area contributed by atoms with Crippen LogP contribution in [0.5, 0.6) is 5.75 Å². The maximum atomic E-state index is 9.20. The number of hydrogen-bond donors (Lipinski definition) is 1.